The fraction of sp³-hybridized carbons (Fsp3) is 0.276. The molecular formula is C29H29ClN2O3. The first-order chi connectivity index (χ1) is 16.5. The van der Waals surface area contributed by atoms with Crippen LogP contribution in [-0.2, 0) is 16.1 Å². The maximum absolute atomic E-state index is 13.0. The van der Waals surface area contributed by atoms with Crippen molar-refractivity contribution in [1.29, 1.82) is 0 Å². The Morgan fingerprint density at radius 2 is 1.71 bits per heavy atom. The molecule has 0 unspecified atom stereocenters. The van der Waals surface area contributed by atoms with Crippen LogP contribution in [0.25, 0.3) is 22.0 Å². The van der Waals surface area contributed by atoms with Gasteiger partial charge in [-0.15, -0.1) is 0 Å². The Bertz CT molecular complexity index is 1440. The maximum Gasteiger partial charge on any atom is 0.251 e. The maximum atomic E-state index is 13.0. The lowest BCUT2D eigenvalue weighted by molar-refractivity contribution is -0.138. The van der Waals surface area contributed by atoms with Crippen LogP contribution < -0.4 is 5.56 Å². The predicted molar refractivity (Wildman–Crippen MR) is 141 cm³/mol. The number of aromatic nitrogens is 2. The van der Waals surface area contributed by atoms with E-state index in [1.807, 2.05) is 76.2 Å². The first-order valence-corrected chi connectivity index (χ1v) is 11.9. The highest BCUT2D eigenvalue weighted by atomic mass is 35.5. The predicted octanol–water partition coefficient (Wildman–Crippen LogP) is 6.52. The third-order valence-corrected chi connectivity index (χ3v) is 6.12. The number of halogens is 1. The van der Waals surface area contributed by atoms with Crippen LogP contribution in [-0.4, -0.2) is 20.9 Å². The highest BCUT2D eigenvalue weighted by molar-refractivity contribution is 6.30. The first kappa shape index (κ1) is 24.8. The van der Waals surface area contributed by atoms with Crippen molar-refractivity contribution in [2.45, 2.75) is 52.9 Å². The molecule has 35 heavy (non-hydrogen) atoms. The second kappa shape index (κ2) is 9.76. The van der Waals surface area contributed by atoms with E-state index in [0.29, 0.717) is 11.6 Å². The molecule has 0 aliphatic carbocycles. The average molecular weight is 489 g/mol. The summed E-state index contributed by atoms with van der Waals surface area (Å²) in [6.45, 7) is 9.74. The summed E-state index contributed by atoms with van der Waals surface area (Å²) >= 11 is 6.20. The lowest BCUT2D eigenvalue weighted by atomic mass is 9.87. The van der Waals surface area contributed by atoms with Gasteiger partial charge in [0.15, 0.2) is 5.78 Å². The van der Waals surface area contributed by atoms with E-state index in [4.69, 9.17) is 16.3 Å². The van der Waals surface area contributed by atoms with Crippen LogP contribution >= 0.6 is 11.6 Å². The number of benzene rings is 2. The molecular weight excluding hydrogens is 460 g/mol. The molecule has 0 bridgehead atoms. The van der Waals surface area contributed by atoms with Gasteiger partial charge in [0.2, 0.25) is 0 Å². The number of fused-ring (bicyclic) bond motifs is 1. The fourth-order valence-corrected chi connectivity index (χ4v) is 4.51. The molecule has 0 aliphatic rings. The fourth-order valence-electron chi connectivity index (χ4n) is 4.38. The van der Waals surface area contributed by atoms with Gasteiger partial charge in [-0.05, 0) is 98.8 Å². The van der Waals surface area contributed by atoms with Gasteiger partial charge >= 0.3 is 0 Å². The molecule has 4 aromatic rings. The van der Waals surface area contributed by atoms with Gasteiger partial charge < -0.3 is 9.30 Å². The van der Waals surface area contributed by atoms with E-state index < -0.39 is 11.7 Å². The van der Waals surface area contributed by atoms with E-state index in [9.17, 15) is 9.59 Å². The number of carbonyl (C=O) groups is 1. The minimum Gasteiger partial charge on any atom is -0.360 e. The Morgan fingerprint density at radius 3 is 2.31 bits per heavy atom. The van der Waals surface area contributed by atoms with E-state index in [-0.39, 0.29) is 11.3 Å². The highest BCUT2D eigenvalue weighted by Gasteiger charge is 2.30. The molecule has 4 rings (SSSR count). The second-order valence-electron chi connectivity index (χ2n) is 9.76. The number of hydrogen-bond acceptors (Lipinski definition) is 4. The van der Waals surface area contributed by atoms with Crippen molar-refractivity contribution in [1.82, 2.24) is 9.55 Å². The van der Waals surface area contributed by atoms with Crippen molar-refractivity contribution >= 4 is 28.3 Å². The van der Waals surface area contributed by atoms with Crippen molar-refractivity contribution in [3.63, 3.8) is 0 Å². The van der Waals surface area contributed by atoms with Gasteiger partial charge in [0.25, 0.3) is 5.56 Å². The average Bonchev–Trinajstić information content (AvgIpc) is 2.79. The number of pyridine rings is 2. The zero-order chi connectivity index (χ0) is 25.3. The quantitative estimate of drug-likeness (QED) is 0.310. The summed E-state index contributed by atoms with van der Waals surface area (Å²) in [6, 6.07) is 16.7. The van der Waals surface area contributed by atoms with Crippen molar-refractivity contribution < 1.29 is 9.53 Å². The molecule has 0 fully saturated rings. The second-order valence-corrected chi connectivity index (χ2v) is 10.2. The smallest absolute Gasteiger partial charge is 0.251 e. The summed E-state index contributed by atoms with van der Waals surface area (Å²) < 4.78 is 8.06. The van der Waals surface area contributed by atoms with Crippen molar-refractivity contribution in [3.8, 4) is 11.1 Å². The van der Waals surface area contributed by atoms with Crippen LogP contribution in [0, 0.1) is 6.92 Å². The summed E-state index contributed by atoms with van der Waals surface area (Å²) in [5.41, 5.74) is 4.57. The molecule has 2 aromatic carbocycles. The summed E-state index contributed by atoms with van der Waals surface area (Å²) in [5.74, 6) is -0.0808. The largest absolute Gasteiger partial charge is 0.360 e. The molecule has 180 valence electrons. The molecule has 6 heteroatoms. The number of ether oxygens (including phenoxy) is 1. The monoisotopic (exact) mass is 488 g/mol. The van der Waals surface area contributed by atoms with Crippen LogP contribution in [0.1, 0.15) is 50.5 Å². The Morgan fingerprint density at radius 1 is 1.06 bits per heavy atom. The Balaban J connectivity index is 2.07. The number of carbonyl (C=O) groups excluding carboxylic acids is 1. The van der Waals surface area contributed by atoms with Crippen LogP contribution in [0.3, 0.4) is 0 Å². The minimum atomic E-state index is -0.759. The van der Waals surface area contributed by atoms with Gasteiger partial charge in [0.05, 0.1) is 17.7 Å². The molecule has 5 nitrogen and oxygen atoms in total. The first-order valence-electron chi connectivity index (χ1n) is 11.6. The Labute approximate surface area is 210 Å². The highest BCUT2D eigenvalue weighted by Crippen LogP contribution is 2.40. The molecule has 0 aliphatic heterocycles. The van der Waals surface area contributed by atoms with Gasteiger partial charge in [0, 0.05) is 28.9 Å². The topological polar surface area (TPSA) is 61.2 Å². The van der Waals surface area contributed by atoms with Crippen LogP contribution in [0.2, 0.25) is 5.02 Å². The summed E-state index contributed by atoms with van der Waals surface area (Å²) in [5, 5.41) is 1.49. The zero-order valence-corrected chi connectivity index (χ0v) is 21.4. The van der Waals surface area contributed by atoms with Gasteiger partial charge in [-0.3, -0.25) is 14.6 Å². The molecule has 0 amide bonds. The van der Waals surface area contributed by atoms with Crippen molar-refractivity contribution in [3.05, 3.63) is 99.1 Å². The molecule has 0 N–H and O–H groups in total. The molecule has 1 atom stereocenters. The zero-order valence-electron chi connectivity index (χ0n) is 20.6. The third-order valence-electron chi connectivity index (χ3n) is 5.87. The molecule has 0 saturated heterocycles. The van der Waals surface area contributed by atoms with Gasteiger partial charge in [-0.25, -0.2) is 0 Å². The minimum absolute atomic E-state index is 0.0808. The summed E-state index contributed by atoms with van der Waals surface area (Å²) in [6.07, 6.45) is 2.68. The van der Waals surface area contributed by atoms with Crippen LogP contribution in [0.4, 0.5) is 0 Å². The number of Topliss-reactive ketones (excluding diaryl/α,β-unsaturated/α-hetero) is 1. The number of ketones is 1. The van der Waals surface area contributed by atoms with Crippen molar-refractivity contribution in [2.75, 3.05) is 0 Å². The lowest BCUT2D eigenvalue weighted by Gasteiger charge is -2.30. The van der Waals surface area contributed by atoms with Gasteiger partial charge in [-0.2, -0.15) is 0 Å². The number of aryl methyl sites for hydroxylation is 1. The standard InChI is InChI=1S/C29H29ClN2O3/c1-18-16-24-23(10-11-25(34)32(24)17-20-12-14-31-15-13-20)27(21-6-8-22(30)9-7-21)26(18)28(19(2)33)35-29(3,4)5/h6-16,28H,17H2,1-5H3/t28-/m1/s1. The Kier molecular flexibility index (Phi) is 6.93. The summed E-state index contributed by atoms with van der Waals surface area (Å²) in [7, 11) is 0. The van der Waals surface area contributed by atoms with E-state index in [0.717, 1.165) is 38.7 Å². The van der Waals surface area contributed by atoms with Gasteiger partial charge in [0.1, 0.15) is 6.10 Å². The number of nitrogens with zero attached hydrogens (tertiary/aromatic N) is 2. The van der Waals surface area contributed by atoms with E-state index in [2.05, 4.69) is 4.98 Å². The third kappa shape index (κ3) is 5.37. The SMILES string of the molecule is CC(=O)[C@@H](OC(C)(C)C)c1c(C)cc2c(ccc(=O)n2Cc2ccncc2)c1-c1ccc(Cl)cc1. The molecule has 2 heterocycles. The number of rotatable bonds is 6. The van der Waals surface area contributed by atoms with Crippen LogP contribution in [0.5, 0.6) is 0 Å². The van der Waals surface area contributed by atoms with E-state index in [1.54, 1.807) is 30.0 Å². The Hall–Kier alpha value is -3.28. The van der Waals surface area contributed by atoms with Crippen LogP contribution in [0.15, 0.2) is 71.8 Å². The molecule has 0 spiro atoms. The molecule has 0 saturated carbocycles. The van der Waals surface area contributed by atoms with Gasteiger partial charge in [-0.1, -0.05) is 23.7 Å². The van der Waals surface area contributed by atoms with Crippen molar-refractivity contribution in [2.24, 2.45) is 0 Å². The van der Waals surface area contributed by atoms with E-state index >= 15 is 0 Å². The molecule has 0 radical (unpaired) electrons. The summed E-state index contributed by atoms with van der Waals surface area (Å²) in [4.78, 5) is 30.0. The lowest BCUT2D eigenvalue weighted by Crippen LogP contribution is -2.27. The molecule has 2 aromatic heterocycles. The number of hydrogen-bond donors (Lipinski definition) is 0. The normalized spacial score (nSPS) is 12.6. The van der Waals surface area contributed by atoms with E-state index in [1.165, 1.54) is 0 Å².